The maximum atomic E-state index is 13.8. The Hall–Kier alpha value is -2.90. The monoisotopic (exact) mass is 365 g/mol. The van der Waals surface area contributed by atoms with Gasteiger partial charge in [-0.1, -0.05) is 6.08 Å². The lowest BCUT2D eigenvalue weighted by molar-refractivity contribution is -0.137. The average Bonchev–Trinajstić information content (AvgIpc) is 2.62. The predicted octanol–water partition coefficient (Wildman–Crippen LogP) is 4.56. The molecule has 4 nitrogen and oxygen atoms in total. The molecule has 0 spiro atoms. The van der Waals surface area contributed by atoms with E-state index in [1.165, 1.54) is 35.4 Å². The molecule has 3 rings (SSSR count). The van der Waals surface area contributed by atoms with Crippen LogP contribution >= 0.6 is 0 Å². The standard InChI is InChI=1S/C18H15F4N3O/c19-15-2-1-9-23-16(15)12-7-10-25(11-8-12)17(26)24-14-5-3-13(4-6-14)18(20,21)22/h1-7,9H,8,10-11H2,(H,24,26). The first-order chi connectivity index (χ1) is 12.3. The van der Waals surface area contributed by atoms with Crippen molar-refractivity contribution in [2.45, 2.75) is 12.6 Å². The zero-order chi connectivity index (χ0) is 18.7. The van der Waals surface area contributed by atoms with Gasteiger partial charge in [0.25, 0.3) is 0 Å². The van der Waals surface area contributed by atoms with Crippen molar-refractivity contribution in [3.8, 4) is 0 Å². The molecule has 2 aromatic rings. The van der Waals surface area contributed by atoms with E-state index in [2.05, 4.69) is 10.3 Å². The molecule has 1 aromatic heterocycles. The van der Waals surface area contributed by atoms with Crippen LogP contribution in [0.1, 0.15) is 17.7 Å². The maximum absolute atomic E-state index is 13.8. The van der Waals surface area contributed by atoms with Gasteiger partial charge in [-0.05, 0) is 48.4 Å². The fourth-order valence-corrected chi connectivity index (χ4v) is 2.64. The molecule has 0 aliphatic carbocycles. The van der Waals surface area contributed by atoms with Crippen molar-refractivity contribution in [2.24, 2.45) is 0 Å². The first-order valence-corrected chi connectivity index (χ1v) is 7.88. The summed E-state index contributed by atoms with van der Waals surface area (Å²) in [4.78, 5) is 17.7. The SMILES string of the molecule is O=C(Nc1ccc(C(F)(F)F)cc1)N1CC=C(c2ncccc2F)CC1. The van der Waals surface area contributed by atoms with E-state index in [0.29, 0.717) is 13.0 Å². The van der Waals surface area contributed by atoms with E-state index in [4.69, 9.17) is 0 Å². The molecule has 0 saturated carbocycles. The predicted molar refractivity (Wildman–Crippen MR) is 88.8 cm³/mol. The average molecular weight is 365 g/mol. The van der Waals surface area contributed by atoms with E-state index in [-0.39, 0.29) is 17.9 Å². The van der Waals surface area contributed by atoms with Crippen molar-refractivity contribution in [2.75, 3.05) is 18.4 Å². The smallest absolute Gasteiger partial charge is 0.320 e. The Morgan fingerprint density at radius 1 is 1.15 bits per heavy atom. The molecule has 0 atom stereocenters. The number of alkyl halides is 3. The van der Waals surface area contributed by atoms with Gasteiger partial charge in [0.05, 0.1) is 5.56 Å². The molecule has 0 fully saturated rings. The van der Waals surface area contributed by atoms with Gasteiger partial charge in [0.15, 0.2) is 0 Å². The Bertz CT molecular complexity index is 831. The topological polar surface area (TPSA) is 45.2 Å². The molecule has 1 aromatic carbocycles. The lowest BCUT2D eigenvalue weighted by Gasteiger charge is -2.26. The van der Waals surface area contributed by atoms with Crippen LogP contribution in [-0.4, -0.2) is 29.0 Å². The number of amides is 2. The zero-order valence-corrected chi connectivity index (χ0v) is 13.6. The Balaban J connectivity index is 1.63. The lowest BCUT2D eigenvalue weighted by atomic mass is 10.0. The Morgan fingerprint density at radius 3 is 2.46 bits per heavy atom. The number of nitrogens with zero attached hydrogens (tertiary/aromatic N) is 2. The highest BCUT2D eigenvalue weighted by molar-refractivity contribution is 5.90. The van der Waals surface area contributed by atoms with E-state index >= 15 is 0 Å². The summed E-state index contributed by atoms with van der Waals surface area (Å²) in [6.45, 7) is 0.617. The van der Waals surface area contributed by atoms with Gasteiger partial charge in [0, 0.05) is 25.0 Å². The highest BCUT2D eigenvalue weighted by Gasteiger charge is 2.30. The van der Waals surface area contributed by atoms with Crippen LogP contribution in [0.4, 0.5) is 28.0 Å². The molecular formula is C18H15F4N3O. The maximum Gasteiger partial charge on any atom is 0.416 e. The van der Waals surface area contributed by atoms with Crippen molar-refractivity contribution in [1.82, 2.24) is 9.88 Å². The summed E-state index contributed by atoms with van der Waals surface area (Å²) in [7, 11) is 0. The Morgan fingerprint density at radius 2 is 1.88 bits per heavy atom. The third-order valence-corrected chi connectivity index (χ3v) is 4.02. The van der Waals surface area contributed by atoms with Gasteiger partial charge in [0.1, 0.15) is 11.5 Å². The first-order valence-electron chi connectivity index (χ1n) is 7.88. The van der Waals surface area contributed by atoms with Gasteiger partial charge in [-0.2, -0.15) is 13.2 Å². The summed E-state index contributed by atoms with van der Waals surface area (Å²) in [5, 5.41) is 2.56. The van der Waals surface area contributed by atoms with Crippen LogP contribution in [0.15, 0.2) is 48.7 Å². The highest BCUT2D eigenvalue weighted by Crippen LogP contribution is 2.30. The van der Waals surface area contributed by atoms with Crippen molar-refractivity contribution in [1.29, 1.82) is 0 Å². The zero-order valence-electron chi connectivity index (χ0n) is 13.6. The van der Waals surface area contributed by atoms with Crippen molar-refractivity contribution in [3.05, 3.63) is 65.7 Å². The number of hydrogen-bond acceptors (Lipinski definition) is 2. The lowest BCUT2D eigenvalue weighted by Crippen LogP contribution is -2.38. The summed E-state index contributed by atoms with van der Waals surface area (Å²) in [5.74, 6) is -0.415. The fourth-order valence-electron chi connectivity index (χ4n) is 2.64. The number of urea groups is 1. The van der Waals surface area contributed by atoms with E-state index < -0.39 is 23.6 Å². The number of anilines is 1. The summed E-state index contributed by atoms with van der Waals surface area (Å²) >= 11 is 0. The van der Waals surface area contributed by atoms with Crippen molar-refractivity contribution < 1.29 is 22.4 Å². The second kappa shape index (κ2) is 7.15. The number of pyridine rings is 1. The van der Waals surface area contributed by atoms with Gasteiger partial charge >= 0.3 is 12.2 Å². The van der Waals surface area contributed by atoms with Gasteiger partial charge in [-0.15, -0.1) is 0 Å². The highest BCUT2D eigenvalue weighted by atomic mass is 19.4. The third kappa shape index (κ3) is 4.01. The van der Waals surface area contributed by atoms with Crippen LogP contribution in [0, 0.1) is 5.82 Å². The largest absolute Gasteiger partial charge is 0.416 e. The molecule has 1 aliphatic rings. The summed E-state index contributed by atoms with van der Waals surface area (Å²) in [5.41, 5.74) is 0.490. The molecular weight excluding hydrogens is 350 g/mol. The van der Waals surface area contributed by atoms with Gasteiger partial charge in [-0.3, -0.25) is 4.98 Å². The molecule has 1 aliphatic heterocycles. The van der Waals surface area contributed by atoms with Crippen LogP contribution in [0.3, 0.4) is 0 Å². The summed E-state index contributed by atoms with van der Waals surface area (Å²) < 4.78 is 51.4. The first kappa shape index (κ1) is 17.9. The second-order valence-electron chi connectivity index (χ2n) is 5.76. The number of hydrogen-bond donors (Lipinski definition) is 1. The van der Waals surface area contributed by atoms with Crippen molar-refractivity contribution >= 4 is 17.3 Å². The Kier molecular flexibility index (Phi) is 4.92. The van der Waals surface area contributed by atoms with E-state index in [1.54, 1.807) is 6.08 Å². The van der Waals surface area contributed by atoms with E-state index in [1.807, 2.05) is 0 Å². The van der Waals surface area contributed by atoms with Gasteiger partial charge in [-0.25, -0.2) is 9.18 Å². The van der Waals surface area contributed by atoms with Crippen LogP contribution in [0.2, 0.25) is 0 Å². The number of carbonyl (C=O) groups is 1. The normalized spacial score (nSPS) is 14.8. The number of carbonyl (C=O) groups excluding carboxylic acids is 1. The number of halogens is 4. The Labute approximate surface area is 147 Å². The minimum atomic E-state index is -4.42. The quantitative estimate of drug-likeness (QED) is 0.793. The van der Waals surface area contributed by atoms with Crippen LogP contribution in [0.5, 0.6) is 0 Å². The number of nitrogens with one attached hydrogen (secondary N) is 1. The summed E-state index contributed by atoms with van der Waals surface area (Å²) in [6.07, 6.45) is -0.754. The second-order valence-corrected chi connectivity index (χ2v) is 5.76. The minimum Gasteiger partial charge on any atom is -0.320 e. The molecule has 0 radical (unpaired) electrons. The summed E-state index contributed by atoms with van der Waals surface area (Å²) in [6, 6.07) is 6.63. The molecule has 8 heteroatoms. The molecule has 2 amide bonds. The molecule has 1 N–H and O–H groups in total. The van der Waals surface area contributed by atoms with Gasteiger partial charge in [0.2, 0.25) is 0 Å². The van der Waals surface area contributed by atoms with Crippen molar-refractivity contribution in [3.63, 3.8) is 0 Å². The molecule has 2 heterocycles. The van der Waals surface area contributed by atoms with E-state index in [9.17, 15) is 22.4 Å². The fraction of sp³-hybridized carbons (Fsp3) is 0.222. The number of aromatic nitrogens is 1. The molecule has 0 bridgehead atoms. The van der Waals surface area contributed by atoms with E-state index in [0.717, 1.165) is 17.7 Å². The molecule has 26 heavy (non-hydrogen) atoms. The molecule has 0 saturated heterocycles. The van der Waals surface area contributed by atoms with Crippen LogP contribution < -0.4 is 5.32 Å². The third-order valence-electron chi connectivity index (χ3n) is 4.02. The van der Waals surface area contributed by atoms with Gasteiger partial charge < -0.3 is 10.2 Å². The number of benzene rings is 1. The van der Waals surface area contributed by atoms with Crippen LogP contribution in [-0.2, 0) is 6.18 Å². The minimum absolute atomic E-state index is 0.262. The number of rotatable bonds is 2. The molecule has 0 unspecified atom stereocenters. The van der Waals surface area contributed by atoms with Crippen LogP contribution in [0.25, 0.3) is 5.57 Å². The molecule has 136 valence electrons.